The molecule has 1 aliphatic heterocycles. The van der Waals surface area contributed by atoms with Crippen LogP contribution in [0.1, 0.15) is 60.5 Å². The van der Waals surface area contributed by atoms with Crippen LogP contribution >= 0.6 is 0 Å². The van der Waals surface area contributed by atoms with E-state index in [1.807, 2.05) is 27.0 Å². The Bertz CT molecular complexity index is 670. The SMILES string of the molecule is C.CC(C)(C)OC(=O)CN=CCC(C)(C)C1=CCN(Cc2ccccc2)CC1. The molecule has 0 saturated heterocycles. The molecule has 0 radical (unpaired) electrons. The number of hydrogen-bond donors (Lipinski definition) is 0. The number of esters is 1. The monoisotopic (exact) mass is 386 g/mol. The number of benzene rings is 1. The van der Waals surface area contributed by atoms with E-state index in [4.69, 9.17) is 4.74 Å². The van der Waals surface area contributed by atoms with Gasteiger partial charge in [0.2, 0.25) is 0 Å². The molecule has 0 bridgehead atoms. The number of rotatable bonds is 7. The van der Waals surface area contributed by atoms with Crippen LogP contribution in [0.3, 0.4) is 0 Å². The summed E-state index contributed by atoms with van der Waals surface area (Å²) in [5, 5.41) is 0. The third-order valence-electron chi connectivity index (χ3n) is 4.78. The zero-order valence-electron chi connectivity index (χ0n) is 17.5. The van der Waals surface area contributed by atoms with Crippen LogP contribution in [0.2, 0.25) is 0 Å². The Kier molecular flexibility index (Phi) is 9.09. The molecule has 0 aromatic heterocycles. The molecule has 0 saturated carbocycles. The molecule has 4 nitrogen and oxygen atoms in total. The van der Waals surface area contributed by atoms with E-state index in [9.17, 15) is 4.79 Å². The zero-order valence-corrected chi connectivity index (χ0v) is 17.5. The lowest BCUT2D eigenvalue weighted by Gasteiger charge is -2.34. The second-order valence-electron chi connectivity index (χ2n) is 8.90. The fraction of sp³-hybridized carbons (Fsp3) is 0.583. The smallest absolute Gasteiger partial charge is 0.328 e. The van der Waals surface area contributed by atoms with Gasteiger partial charge >= 0.3 is 5.97 Å². The standard InChI is InChI=1S/C23H34N2O2.CH4/c1-22(2,3)27-21(26)17-24-14-13-23(4,5)20-11-15-25(16-12-20)18-19-9-7-6-8-10-19;/h6-11,14H,12-13,15-18H2,1-5H3;1H4. The maximum Gasteiger partial charge on any atom is 0.328 e. The number of hydrogen-bond acceptors (Lipinski definition) is 4. The first-order valence-electron chi connectivity index (χ1n) is 9.82. The number of aliphatic imine (C=N–C) groups is 1. The number of carbonyl (C=O) groups is 1. The molecule has 28 heavy (non-hydrogen) atoms. The Morgan fingerprint density at radius 3 is 2.43 bits per heavy atom. The molecule has 1 aromatic rings. The van der Waals surface area contributed by atoms with Crippen molar-refractivity contribution in [2.24, 2.45) is 10.4 Å². The van der Waals surface area contributed by atoms with Gasteiger partial charge in [-0.1, -0.05) is 63.3 Å². The molecule has 0 amide bonds. The second kappa shape index (κ2) is 10.6. The van der Waals surface area contributed by atoms with Crippen LogP contribution in [0, 0.1) is 5.41 Å². The van der Waals surface area contributed by atoms with Crippen LogP contribution in [0.15, 0.2) is 47.0 Å². The molecular weight excluding hydrogens is 348 g/mol. The lowest BCUT2D eigenvalue weighted by molar-refractivity contribution is -0.152. The van der Waals surface area contributed by atoms with Gasteiger partial charge in [-0.15, -0.1) is 0 Å². The van der Waals surface area contributed by atoms with Gasteiger partial charge in [0, 0.05) is 25.8 Å². The molecule has 2 rings (SSSR count). The first kappa shape index (κ1) is 24.1. The van der Waals surface area contributed by atoms with Crippen molar-refractivity contribution in [2.45, 2.75) is 67.0 Å². The first-order chi connectivity index (χ1) is 12.7. The van der Waals surface area contributed by atoms with E-state index in [0.717, 1.165) is 32.5 Å². The van der Waals surface area contributed by atoms with E-state index in [2.05, 4.69) is 60.1 Å². The van der Waals surface area contributed by atoms with E-state index in [0.29, 0.717) is 0 Å². The van der Waals surface area contributed by atoms with Gasteiger partial charge in [-0.3, -0.25) is 14.7 Å². The van der Waals surface area contributed by atoms with Crippen molar-refractivity contribution in [3.63, 3.8) is 0 Å². The Balaban J connectivity index is 0.00000392. The van der Waals surface area contributed by atoms with Crippen molar-refractivity contribution in [2.75, 3.05) is 19.6 Å². The lowest BCUT2D eigenvalue weighted by Crippen LogP contribution is -2.31. The summed E-state index contributed by atoms with van der Waals surface area (Å²) < 4.78 is 5.28. The fourth-order valence-electron chi connectivity index (χ4n) is 3.25. The lowest BCUT2D eigenvalue weighted by atomic mass is 9.78. The minimum Gasteiger partial charge on any atom is -0.459 e. The van der Waals surface area contributed by atoms with E-state index < -0.39 is 5.60 Å². The highest BCUT2D eigenvalue weighted by atomic mass is 16.6. The van der Waals surface area contributed by atoms with Crippen molar-refractivity contribution >= 4 is 12.2 Å². The molecular formula is C24H38N2O2. The summed E-state index contributed by atoms with van der Waals surface area (Å²) in [6, 6.07) is 10.6. The summed E-state index contributed by atoms with van der Waals surface area (Å²) in [6.45, 7) is 13.3. The fourth-order valence-corrected chi connectivity index (χ4v) is 3.25. The van der Waals surface area contributed by atoms with Gasteiger partial charge in [-0.05, 0) is 44.6 Å². The molecule has 156 valence electrons. The topological polar surface area (TPSA) is 41.9 Å². The van der Waals surface area contributed by atoms with Crippen LogP contribution in [0.25, 0.3) is 0 Å². The third kappa shape index (κ3) is 8.39. The van der Waals surface area contributed by atoms with Gasteiger partial charge in [0.1, 0.15) is 12.1 Å². The van der Waals surface area contributed by atoms with Crippen molar-refractivity contribution < 1.29 is 9.53 Å². The summed E-state index contributed by atoms with van der Waals surface area (Å²) in [5.74, 6) is -0.273. The average Bonchev–Trinajstić information content (AvgIpc) is 2.59. The van der Waals surface area contributed by atoms with Gasteiger partial charge in [0.05, 0.1) is 0 Å². The first-order valence-corrected chi connectivity index (χ1v) is 9.82. The molecule has 4 heteroatoms. The summed E-state index contributed by atoms with van der Waals surface area (Å²) in [4.78, 5) is 18.5. The predicted octanol–water partition coefficient (Wildman–Crippen LogP) is 5.28. The average molecular weight is 387 g/mol. The van der Waals surface area contributed by atoms with Gasteiger partial charge in [0.15, 0.2) is 0 Å². The Morgan fingerprint density at radius 1 is 1.18 bits per heavy atom. The second-order valence-corrected chi connectivity index (χ2v) is 8.90. The van der Waals surface area contributed by atoms with Crippen LogP contribution in [-0.4, -0.2) is 42.3 Å². The Labute approximate surface area is 171 Å². The van der Waals surface area contributed by atoms with Crippen LogP contribution in [-0.2, 0) is 16.1 Å². The third-order valence-corrected chi connectivity index (χ3v) is 4.78. The quantitative estimate of drug-likeness (QED) is 0.363. The van der Waals surface area contributed by atoms with Crippen LogP contribution in [0.5, 0.6) is 0 Å². The largest absolute Gasteiger partial charge is 0.459 e. The minimum atomic E-state index is -0.454. The van der Waals surface area contributed by atoms with Gasteiger partial charge in [-0.2, -0.15) is 0 Å². The van der Waals surface area contributed by atoms with Crippen molar-refractivity contribution in [1.29, 1.82) is 0 Å². The highest BCUT2D eigenvalue weighted by molar-refractivity contribution is 5.74. The summed E-state index contributed by atoms with van der Waals surface area (Å²) in [7, 11) is 0. The minimum absolute atomic E-state index is 0. The molecule has 1 aromatic carbocycles. The molecule has 1 heterocycles. The van der Waals surface area contributed by atoms with Gasteiger partial charge in [0.25, 0.3) is 0 Å². The Morgan fingerprint density at radius 2 is 1.86 bits per heavy atom. The zero-order chi connectivity index (χ0) is 19.9. The number of nitrogens with zero attached hydrogens (tertiary/aromatic N) is 2. The maximum absolute atomic E-state index is 11.7. The van der Waals surface area contributed by atoms with Gasteiger partial charge in [-0.25, -0.2) is 0 Å². The van der Waals surface area contributed by atoms with Crippen LogP contribution < -0.4 is 0 Å². The molecule has 0 atom stereocenters. The molecule has 0 fully saturated rings. The van der Waals surface area contributed by atoms with Crippen molar-refractivity contribution in [3.05, 3.63) is 47.5 Å². The number of ether oxygens (including phenoxy) is 1. The highest BCUT2D eigenvalue weighted by Gasteiger charge is 2.25. The Hall–Kier alpha value is -1.94. The molecule has 0 unspecified atom stereocenters. The van der Waals surface area contributed by atoms with Crippen molar-refractivity contribution in [3.8, 4) is 0 Å². The van der Waals surface area contributed by atoms with E-state index in [1.165, 1.54) is 11.1 Å². The molecule has 1 aliphatic rings. The molecule has 0 aliphatic carbocycles. The summed E-state index contributed by atoms with van der Waals surface area (Å²) in [5.41, 5.74) is 2.46. The summed E-state index contributed by atoms with van der Waals surface area (Å²) in [6.07, 6.45) is 6.16. The van der Waals surface area contributed by atoms with E-state index in [-0.39, 0.29) is 25.4 Å². The van der Waals surface area contributed by atoms with E-state index >= 15 is 0 Å². The molecule has 0 N–H and O–H groups in total. The molecule has 0 spiro atoms. The maximum atomic E-state index is 11.7. The highest BCUT2D eigenvalue weighted by Crippen LogP contribution is 2.33. The van der Waals surface area contributed by atoms with Crippen molar-refractivity contribution in [1.82, 2.24) is 4.90 Å². The number of carbonyl (C=O) groups excluding carboxylic acids is 1. The predicted molar refractivity (Wildman–Crippen MR) is 119 cm³/mol. The normalized spacial score (nSPS) is 15.8. The van der Waals surface area contributed by atoms with Gasteiger partial charge < -0.3 is 4.74 Å². The van der Waals surface area contributed by atoms with Crippen LogP contribution in [0.4, 0.5) is 0 Å². The van der Waals surface area contributed by atoms with E-state index in [1.54, 1.807) is 0 Å². The summed E-state index contributed by atoms with van der Waals surface area (Å²) >= 11 is 0.